The van der Waals surface area contributed by atoms with Crippen molar-refractivity contribution in [2.45, 2.75) is 44.8 Å². The van der Waals surface area contributed by atoms with Crippen molar-refractivity contribution in [1.29, 1.82) is 0 Å². The first-order chi connectivity index (χ1) is 7.36. The minimum Gasteiger partial charge on any atom is -0.376 e. The van der Waals surface area contributed by atoms with Gasteiger partial charge in [-0.1, -0.05) is 19.3 Å². The van der Waals surface area contributed by atoms with Crippen molar-refractivity contribution in [1.82, 2.24) is 9.55 Å². The summed E-state index contributed by atoms with van der Waals surface area (Å²) in [5.74, 6) is 0. The molecule has 0 saturated heterocycles. The van der Waals surface area contributed by atoms with Gasteiger partial charge < -0.3 is 9.72 Å². The lowest BCUT2D eigenvalue weighted by molar-refractivity contribution is 0.0238. The van der Waals surface area contributed by atoms with Crippen LogP contribution in [-0.4, -0.2) is 22.3 Å². The normalized spacial score (nSPS) is 18.1. The highest BCUT2D eigenvalue weighted by molar-refractivity contribution is 4.75. The Balaban J connectivity index is 1.70. The zero-order valence-corrected chi connectivity index (χ0v) is 8.95. The van der Waals surface area contributed by atoms with Gasteiger partial charge in [0.25, 0.3) is 0 Å². The average Bonchev–Trinajstić information content (AvgIpc) is 2.66. The summed E-state index contributed by atoms with van der Waals surface area (Å²) in [7, 11) is 0. The summed E-state index contributed by atoms with van der Waals surface area (Å²) in [6.07, 6.45) is 10.1. The Labute approximate surface area is 89.3 Å². The highest BCUT2D eigenvalue weighted by atomic mass is 16.5. The van der Waals surface area contributed by atoms with Crippen LogP contribution in [0.4, 0.5) is 0 Å². The number of nitrogens with one attached hydrogen (secondary N) is 1. The molecule has 1 saturated carbocycles. The fourth-order valence-electron chi connectivity index (χ4n) is 2.07. The monoisotopic (exact) mass is 210 g/mol. The molecule has 4 nitrogen and oxygen atoms in total. The van der Waals surface area contributed by atoms with E-state index in [2.05, 4.69) is 4.98 Å². The molecule has 1 aliphatic carbocycles. The van der Waals surface area contributed by atoms with E-state index in [0.29, 0.717) is 19.3 Å². The third-order valence-corrected chi connectivity index (χ3v) is 2.96. The molecule has 0 amide bonds. The third-order valence-electron chi connectivity index (χ3n) is 2.96. The molecule has 1 aromatic rings. The molecule has 84 valence electrons. The van der Waals surface area contributed by atoms with E-state index in [-0.39, 0.29) is 5.69 Å². The van der Waals surface area contributed by atoms with Crippen LogP contribution in [0, 0.1) is 0 Å². The number of nitrogens with zero attached hydrogens (tertiary/aromatic N) is 1. The third kappa shape index (κ3) is 2.96. The fourth-order valence-corrected chi connectivity index (χ4v) is 2.07. The molecule has 0 radical (unpaired) electrons. The molecule has 0 aromatic carbocycles. The quantitative estimate of drug-likeness (QED) is 0.819. The van der Waals surface area contributed by atoms with Crippen LogP contribution in [0.1, 0.15) is 32.1 Å². The van der Waals surface area contributed by atoms with Crippen molar-refractivity contribution >= 4 is 0 Å². The van der Waals surface area contributed by atoms with Gasteiger partial charge >= 0.3 is 5.69 Å². The maximum Gasteiger partial charge on any atom is 0.325 e. The van der Waals surface area contributed by atoms with Crippen LogP contribution in [-0.2, 0) is 11.3 Å². The van der Waals surface area contributed by atoms with Gasteiger partial charge in [0.15, 0.2) is 0 Å². The van der Waals surface area contributed by atoms with Crippen LogP contribution in [0.25, 0.3) is 0 Å². The van der Waals surface area contributed by atoms with Crippen molar-refractivity contribution in [2.24, 2.45) is 0 Å². The topological polar surface area (TPSA) is 47.0 Å². The second-order valence-electron chi connectivity index (χ2n) is 4.09. The number of H-pyrrole nitrogens is 1. The van der Waals surface area contributed by atoms with Crippen LogP contribution in [0.5, 0.6) is 0 Å². The Hall–Kier alpha value is -1.03. The molecule has 2 rings (SSSR count). The van der Waals surface area contributed by atoms with Gasteiger partial charge in [0.2, 0.25) is 0 Å². The van der Waals surface area contributed by atoms with Crippen molar-refractivity contribution in [3.8, 4) is 0 Å². The summed E-state index contributed by atoms with van der Waals surface area (Å²) in [6, 6.07) is 0. The Morgan fingerprint density at radius 2 is 2.20 bits per heavy atom. The van der Waals surface area contributed by atoms with E-state index in [1.807, 2.05) is 0 Å². The molecule has 1 heterocycles. The molecule has 0 spiro atoms. The second-order valence-corrected chi connectivity index (χ2v) is 4.09. The zero-order chi connectivity index (χ0) is 10.5. The van der Waals surface area contributed by atoms with Gasteiger partial charge in [-0.2, -0.15) is 0 Å². The van der Waals surface area contributed by atoms with Gasteiger partial charge in [0.1, 0.15) is 0 Å². The number of aromatic nitrogens is 2. The standard InChI is InChI=1S/C11H18N2O2/c14-11-12-6-7-13(11)8-9-15-10-4-2-1-3-5-10/h6-7,10H,1-5,8-9H2,(H,12,14). The molecule has 0 unspecified atom stereocenters. The lowest BCUT2D eigenvalue weighted by atomic mass is 9.98. The van der Waals surface area contributed by atoms with Crippen LogP contribution < -0.4 is 5.69 Å². The van der Waals surface area contributed by atoms with Gasteiger partial charge in [-0.3, -0.25) is 4.57 Å². The predicted molar refractivity (Wildman–Crippen MR) is 57.9 cm³/mol. The zero-order valence-electron chi connectivity index (χ0n) is 8.95. The molecule has 4 heteroatoms. The molecule has 1 fully saturated rings. The largest absolute Gasteiger partial charge is 0.376 e. The number of hydrogen-bond donors (Lipinski definition) is 1. The molecular weight excluding hydrogens is 192 g/mol. The van der Waals surface area contributed by atoms with E-state index < -0.39 is 0 Å². The molecule has 0 atom stereocenters. The lowest BCUT2D eigenvalue weighted by Crippen LogP contribution is -2.23. The summed E-state index contributed by atoms with van der Waals surface area (Å²) >= 11 is 0. The molecular formula is C11H18N2O2. The summed E-state index contributed by atoms with van der Waals surface area (Å²) in [4.78, 5) is 13.8. The van der Waals surface area contributed by atoms with E-state index in [9.17, 15) is 4.79 Å². The first kappa shape index (κ1) is 10.5. The van der Waals surface area contributed by atoms with Crippen molar-refractivity contribution < 1.29 is 4.74 Å². The number of ether oxygens (including phenoxy) is 1. The molecule has 0 bridgehead atoms. The summed E-state index contributed by atoms with van der Waals surface area (Å²) in [5, 5.41) is 0. The smallest absolute Gasteiger partial charge is 0.325 e. The summed E-state index contributed by atoms with van der Waals surface area (Å²) in [5.41, 5.74) is -0.0535. The van der Waals surface area contributed by atoms with Crippen LogP contribution >= 0.6 is 0 Å². The number of hydrogen-bond acceptors (Lipinski definition) is 2. The minimum absolute atomic E-state index is 0.0535. The van der Waals surface area contributed by atoms with Gasteiger partial charge in [-0.05, 0) is 12.8 Å². The van der Waals surface area contributed by atoms with Crippen molar-refractivity contribution in [3.63, 3.8) is 0 Å². The van der Waals surface area contributed by atoms with E-state index in [1.54, 1.807) is 17.0 Å². The van der Waals surface area contributed by atoms with Gasteiger partial charge in [0.05, 0.1) is 19.3 Å². The molecule has 1 aliphatic rings. The number of imidazole rings is 1. The van der Waals surface area contributed by atoms with E-state index >= 15 is 0 Å². The SMILES string of the molecule is O=c1[nH]ccn1CCOC1CCCCC1. The molecule has 0 aliphatic heterocycles. The Morgan fingerprint density at radius 3 is 2.87 bits per heavy atom. The highest BCUT2D eigenvalue weighted by Gasteiger charge is 2.13. The molecule has 1 aromatic heterocycles. The first-order valence-electron chi connectivity index (χ1n) is 5.72. The van der Waals surface area contributed by atoms with Crippen LogP contribution in [0.2, 0.25) is 0 Å². The second kappa shape index (κ2) is 5.16. The summed E-state index contributed by atoms with van der Waals surface area (Å²) < 4.78 is 7.38. The average molecular weight is 210 g/mol. The van der Waals surface area contributed by atoms with Crippen LogP contribution in [0.3, 0.4) is 0 Å². The minimum atomic E-state index is -0.0535. The van der Waals surface area contributed by atoms with Gasteiger partial charge in [0, 0.05) is 12.4 Å². The Morgan fingerprint density at radius 1 is 1.40 bits per heavy atom. The van der Waals surface area contributed by atoms with E-state index in [0.717, 1.165) is 0 Å². The van der Waals surface area contributed by atoms with E-state index in [1.165, 1.54) is 32.1 Å². The first-order valence-corrected chi connectivity index (χ1v) is 5.72. The lowest BCUT2D eigenvalue weighted by Gasteiger charge is -2.21. The van der Waals surface area contributed by atoms with Gasteiger partial charge in [-0.25, -0.2) is 4.79 Å². The Bertz CT molecular complexity index is 336. The summed E-state index contributed by atoms with van der Waals surface area (Å²) in [6.45, 7) is 1.29. The highest BCUT2D eigenvalue weighted by Crippen LogP contribution is 2.19. The maximum absolute atomic E-state index is 11.2. The molecule has 15 heavy (non-hydrogen) atoms. The maximum atomic E-state index is 11.2. The van der Waals surface area contributed by atoms with Crippen molar-refractivity contribution in [3.05, 3.63) is 22.9 Å². The van der Waals surface area contributed by atoms with Gasteiger partial charge in [-0.15, -0.1) is 0 Å². The fraction of sp³-hybridized carbons (Fsp3) is 0.727. The van der Waals surface area contributed by atoms with Crippen molar-refractivity contribution in [2.75, 3.05) is 6.61 Å². The predicted octanol–water partition coefficient (Wildman–Crippen LogP) is 1.53. The number of rotatable bonds is 4. The van der Waals surface area contributed by atoms with Crippen LogP contribution in [0.15, 0.2) is 17.2 Å². The Kier molecular flexibility index (Phi) is 3.61. The molecule has 1 N–H and O–H groups in total. The van der Waals surface area contributed by atoms with E-state index in [4.69, 9.17) is 4.74 Å². The number of aromatic amines is 1.